The van der Waals surface area contributed by atoms with E-state index in [0.717, 1.165) is 0 Å². The molecule has 7 heteroatoms. The minimum Gasteiger partial charge on any atom is -0.591 e. The van der Waals surface area contributed by atoms with Crippen LogP contribution < -0.4 is 4.89 Å². The summed E-state index contributed by atoms with van der Waals surface area (Å²) in [7, 11) is -3.36. The fourth-order valence-electron chi connectivity index (χ4n) is 0.309. The lowest BCUT2D eigenvalue weighted by Gasteiger charge is -1.86. The molecule has 0 radical (unpaired) electrons. The van der Waals surface area contributed by atoms with Gasteiger partial charge in [-0.25, -0.2) is 9.59 Å². The molecule has 0 fully saturated rings. The van der Waals surface area contributed by atoms with Crippen LogP contribution in [-0.2, 0) is 14.2 Å². The van der Waals surface area contributed by atoms with Gasteiger partial charge in [-0.2, -0.15) is 0 Å². The molecule has 0 aromatic rings. The van der Waals surface area contributed by atoms with Crippen molar-refractivity contribution in [1.29, 1.82) is 0 Å². The second-order valence-electron chi connectivity index (χ2n) is 1.43. The lowest BCUT2D eigenvalue weighted by molar-refractivity contribution is -0.163. The first-order valence-corrected chi connectivity index (χ1v) is 3.45. The van der Waals surface area contributed by atoms with Gasteiger partial charge in [-0.3, -0.25) is 0 Å². The van der Waals surface area contributed by atoms with Gasteiger partial charge in [0.15, 0.2) is 0 Å². The van der Waals surface area contributed by atoms with Gasteiger partial charge in [0.2, 0.25) is 0 Å². The predicted octanol–water partition coefficient (Wildman–Crippen LogP) is -0.858. The molecule has 0 amide bonds. The van der Waals surface area contributed by atoms with E-state index in [1.54, 1.807) is 0 Å². The molecule has 0 saturated carbocycles. The van der Waals surface area contributed by atoms with Gasteiger partial charge in [-0.05, 0) is 0 Å². The van der Waals surface area contributed by atoms with Crippen molar-refractivity contribution in [2.75, 3.05) is 0 Å². The monoisotopic (exact) mass is 178 g/mol. The summed E-state index contributed by atoms with van der Waals surface area (Å²) in [5, 5.41) is 14.9. The number of carboxylic acids is 2. The SMILES string of the molecule is O=C(O)/C=C(\C(=O)O)[P+](=O)[O-]. The molecule has 0 aromatic heterocycles. The standard InChI is InChI=1S/C4H3O6P/c5-3(6)1-2(4(7)8)11(9)10/h1H,(H,5,6)(H,7,8)/b2-1+. The molecule has 0 aliphatic carbocycles. The molecule has 0 saturated heterocycles. The molecule has 1 atom stereocenters. The molecule has 2 N–H and O–H groups in total. The maximum Gasteiger partial charge on any atom is 0.382 e. The summed E-state index contributed by atoms with van der Waals surface area (Å²) in [5.41, 5.74) is 0. The van der Waals surface area contributed by atoms with E-state index >= 15 is 0 Å². The van der Waals surface area contributed by atoms with Gasteiger partial charge in [0, 0.05) is 0 Å². The number of aliphatic carboxylic acids is 2. The Bertz CT molecular complexity index is 225. The second kappa shape index (κ2) is 3.80. The first-order valence-electron chi connectivity index (χ1n) is 2.27. The minimum atomic E-state index is -3.36. The molecule has 0 aliphatic heterocycles. The zero-order valence-electron chi connectivity index (χ0n) is 5.05. The van der Waals surface area contributed by atoms with Crippen molar-refractivity contribution in [1.82, 2.24) is 0 Å². The Morgan fingerprint density at radius 1 is 1.36 bits per heavy atom. The molecule has 6 nitrogen and oxygen atoms in total. The van der Waals surface area contributed by atoms with Crippen LogP contribution in [0.3, 0.4) is 0 Å². The molecule has 0 aliphatic rings. The van der Waals surface area contributed by atoms with Gasteiger partial charge in [-0.1, -0.05) is 4.57 Å². The highest BCUT2D eigenvalue weighted by Crippen LogP contribution is 2.21. The summed E-state index contributed by atoms with van der Waals surface area (Å²) in [4.78, 5) is 29.8. The summed E-state index contributed by atoms with van der Waals surface area (Å²) < 4.78 is 10.0. The largest absolute Gasteiger partial charge is 0.591 e. The van der Waals surface area contributed by atoms with Crippen molar-refractivity contribution < 1.29 is 29.3 Å². The lowest BCUT2D eigenvalue weighted by atomic mass is 10.5. The van der Waals surface area contributed by atoms with Crippen LogP contribution in [0.1, 0.15) is 0 Å². The zero-order chi connectivity index (χ0) is 9.02. The van der Waals surface area contributed by atoms with Crippen molar-refractivity contribution >= 4 is 20.0 Å². The van der Waals surface area contributed by atoms with Crippen molar-refractivity contribution in [2.24, 2.45) is 0 Å². The zero-order valence-corrected chi connectivity index (χ0v) is 5.95. The number of hydrogen-bond acceptors (Lipinski definition) is 4. The van der Waals surface area contributed by atoms with E-state index in [1.165, 1.54) is 0 Å². The minimum absolute atomic E-state index is 0.119. The third-order valence-electron chi connectivity index (χ3n) is 0.676. The molecule has 1 unspecified atom stereocenters. The normalized spacial score (nSPS) is 12.5. The van der Waals surface area contributed by atoms with Crippen molar-refractivity contribution in [3.63, 3.8) is 0 Å². The first-order chi connectivity index (χ1) is 4.95. The average Bonchev–Trinajstić information content (AvgIpc) is 1.81. The van der Waals surface area contributed by atoms with E-state index in [0.29, 0.717) is 0 Å². The van der Waals surface area contributed by atoms with E-state index in [9.17, 15) is 19.0 Å². The summed E-state index contributed by atoms with van der Waals surface area (Å²) in [6, 6.07) is 0. The van der Waals surface area contributed by atoms with Crippen LogP contribution in [0.5, 0.6) is 0 Å². The highest BCUT2D eigenvalue weighted by atomic mass is 31.1. The Kier molecular flexibility index (Phi) is 3.36. The van der Waals surface area contributed by atoms with Gasteiger partial charge >= 0.3 is 20.0 Å². The summed E-state index contributed by atoms with van der Waals surface area (Å²) >= 11 is 0. The van der Waals surface area contributed by atoms with E-state index in [1.807, 2.05) is 0 Å². The van der Waals surface area contributed by atoms with Gasteiger partial charge in [-0.15, -0.1) is 0 Å². The maximum absolute atomic E-state index is 10.0. The van der Waals surface area contributed by atoms with Crippen LogP contribution in [0.4, 0.5) is 0 Å². The van der Waals surface area contributed by atoms with E-state index in [-0.39, 0.29) is 6.08 Å². The Morgan fingerprint density at radius 2 is 1.82 bits per heavy atom. The Labute approximate surface area is 61.6 Å². The van der Waals surface area contributed by atoms with Crippen LogP contribution in [0, 0.1) is 0 Å². The average molecular weight is 178 g/mol. The Balaban J connectivity index is 4.75. The van der Waals surface area contributed by atoms with Crippen LogP contribution >= 0.6 is 8.03 Å². The van der Waals surface area contributed by atoms with Gasteiger partial charge < -0.3 is 15.1 Å². The van der Waals surface area contributed by atoms with Gasteiger partial charge in [0.25, 0.3) is 5.31 Å². The number of carbonyl (C=O) groups is 2. The van der Waals surface area contributed by atoms with E-state index in [2.05, 4.69) is 0 Å². The van der Waals surface area contributed by atoms with Crippen LogP contribution in [0.2, 0.25) is 0 Å². The fraction of sp³-hybridized carbons (Fsp3) is 0. The molecular weight excluding hydrogens is 175 g/mol. The molecule has 11 heavy (non-hydrogen) atoms. The van der Waals surface area contributed by atoms with Gasteiger partial charge in [0.05, 0.1) is 6.08 Å². The third-order valence-corrected chi connectivity index (χ3v) is 1.39. The Hall–Kier alpha value is -1.26. The number of carboxylic acid groups (broad SMARTS) is 2. The summed E-state index contributed by atoms with van der Waals surface area (Å²) in [5.74, 6) is -3.38. The number of rotatable bonds is 3. The van der Waals surface area contributed by atoms with Crippen LogP contribution in [-0.4, -0.2) is 22.2 Å². The van der Waals surface area contributed by atoms with Crippen LogP contribution in [0.25, 0.3) is 0 Å². The summed E-state index contributed by atoms with van der Waals surface area (Å²) in [6.07, 6.45) is 0.119. The smallest absolute Gasteiger partial charge is 0.382 e. The topological polar surface area (TPSA) is 115 Å². The molecule has 0 bridgehead atoms. The molecule has 0 aromatic carbocycles. The maximum atomic E-state index is 10.0. The fourth-order valence-corrected chi connectivity index (χ4v) is 0.682. The van der Waals surface area contributed by atoms with Crippen molar-refractivity contribution in [3.05, 3.63) is 11.4 Å². The first kappa shape index (κ1) is 9.74. The highest BCUT2D eigenvalue weighted by Gasteiger charge is 2.22. The number of hydrogen-bond donors (Lipinski definition) is 2. The molecule has 60 valence electrons. The van der Waals surface area contributed by atoms with E-state index < -0.39 is 25.3 Å². The van der Waals surface area contributed by atoms with Crippen LogP contribution in [0.15, 0.2) is 11.4 Å². The van der Waals surface area contributed by atoms with Crippen molar-refractivity contribution in [2.45, 2.75) is 0 Å². The molecule has 0 rings (SSSR count). The van der Waals surface area contributed by atoms with Gasteiger partial charge in [0.1, 0.15) is 0 Å². The third kappa shape index (κ3) is 3.44. The molecule has 0 spiro atoms. The Morgan fingerprint density at radius 3 is 1.91 bits per heavy atom. The van der Waals surface area contributed by atoms with Crippen molar-refractivity contribution in [3.8, 4) is 0 Å². The highest BCUT2D eigenvalue weighted by molar-refractivity contribution is 7.43. The lowest BCUT2D eigenvalue weighted by Crippen LogP contribution is -2.04. The molecular formula is C4H3O6P. The van der Waals surface area contributed by atoms with E-state index in [4.69, 9.17) is 10.2 Å². The second-order valence-corrected chi connectivity index (χ2v) is 2.43. The summed E-state index contributed by atoms with van der Waals surface area (Å²) in [6.45, 7) is 0. The predicted molar refractivity (Wildman–Crippen MR) is 31.0 cm³/mol. The quantitative estimate of drug-likeness (QED) is 0.429. The molecule has 0 heterocycles.